The molecule has 0 aliphatic heterocycles. The van der Waals surface area contributed by atoms with Crippen molar-refractivity contribution in [1.82, 2.24) is 5.32 Å². The monoisotopic (exact) mass is 332 g/mol. The van der Waals surface area contributed by atoms with Gasteiger partial charge in [0.25, 0.3) is 0 Å². The van der Waals surface area contributed by atoms with Gasteiger partial charge >= 0.3 is 0 Å². The molecule has 6 heteroatoms. The summed E-state index contributed by atoms with van der Waals surface area (Å²) < 4.78 is 0. The zero-order valence-corrected chi connectivity index (χ0v) is 13.9. The maximum atomic E-state index is 12.0. The highest BCUT2D eigenvalue weighted by Crippen LogP contribution is 2.24. The van der Waals surface area contributed by atoms with Crippen LogP contribution in [0.15, 0.2) is 41.8 Å². The fraction of sp³-hybridized carbons (Fsp3) is 0.294. The fourth-order valence-electron chi connectivity index (χ4n) is 2.10. The molecule has 1 atom stereocenters. The van der Waals surface area contributed by atoms with E-state index < -0.39 is 5.60 Å². The Morgan fingerprint density at radius 1 is 1.22 bits per heavy atom. The first kappa shape index (κ1) is 17.2. The van der Waals surface area contributed by atoms with Crippen molar-refractivity contribution in [2.75, 3.05) is 11.9 Å². The van der Waals surface area contributed by atoms with Crippen LogP contribution >= 0.6 is 11.3 Å². The summed E-state index contributed by atoms with van der Waals surface area (Å²) >= 11 is 1.46. The van der Waals surface area contributed by atoms with Crippen LogP contribution < -0.4 is 10.6 Å². The van der Waals surface area contributed by atoms with Crippen molar-refractivity contribution in [1.29, 1.82) is 0 Å². The van der Waals surface area contributed by atoms with E-state index in [1.54, 1.807) is 31.2 Å². The van der Waals surface area contributed by atoms with Crippen molar-refractivity contribution >= 4 is 28.8 Å². The van der Waals surface area contributed by atoms with E-state index in [1.807, 2.05) is 17.5 Å². The second-order valence-electron chi connectivity index (χ2n) is 5.58. The largest absolute Gasteiger partial charge is 0.383 e. The third kappa shape index (κ3) is 5.19. The van der Waals surface area contributed by atoms with Crippen molar-refractivity contribution in [3.63, 3.8) is 0 Å². The summed E-state index contributed by atoms with van der Waals surface area (Å²) in [5, 5.41) is 17.7. The predicted molar refractivity (Wildman–Crippen MR) is 91.3 cm³/mol. The average molecular weight is 332 g/mol. The number of carbonyl (C=O) groups is 2. The van der Waals surface area contributed by atoms with E-state index in [-0.39, 0.29) is 24.8 Å². The topological polar surface area (TPSA) is 78.4 Å². The smallest absolute Gasteiger partial charge is 0.224 e. The molecule has 0 spiro atoms. The maximum absolute atomic E-state index is 12.0. The van der Waals surface area contributed by atoms with Gasteiger partial charge in [0.2, 0.25) is 11.8 Å². The van der Waals surface area contributed by atoms with Gasteiger partial charge in [-0.05, 0) is 36.1 Å². The third-order valence-corrected chi connectivity index (χ3v) is 4.44. The zero-order chi connectivity index (χ0) is 16.9. The lowest BCUT2D eigenvalue weighted by Crippen LogP contribution is -2.38. The van der Waals surface area contributed by atoms with Gasteiger partial charge in [-0.1, -0.05) is 18.2 Å². The number of thiophene rings is 1. The second kappa shape index (κ2) is 7.39. The highest BCUT2D eigenvalue weighted by Gasteiger charge is 2.24. The molecule has 1 aromatic carbocycles. The Morgan fingerprint density at radius 3 is 2.48 bits per heavy atom. The van der Waals surface area contributed by atoms with Crippen LogP contribution in [-0.2, 0) is 21.6 Å². The summed E-state index contributed by atoms with van der Waals surface area (Å²) in [6.45, 7) is 3.29. The molecule has 0 aliphatic rings. The minimum absolute atomic E-state index is 0.133. The van der Waals surface area contributed by atoms with Crippen LogP contribution in [0.3, 0.4) is 0 Å². The van der Waals surface area contributed by atoms with Gasteiger partial charge in [-0.25, -0.2) is 0 Å². The second-order valence-corrected chi connectivity index (χ2v) is 6.53. The van der Waals surface area contributed by atoms with Crippen molar-refractivity contribution < 1.29 is 14.7 Å². The van der Waals surface area contributed by atoms with Crippen molar-refractivity contribution in [2.24, 2.45) is 0 Å². The van der Waals surface area contributed by atoms with Crippen molar-refractivity contribution in [3.8, 4) is 0 Å². The number of nitrogens with one attached hydrogen (secondary N) is 2. The van der Waals surface area contributed by atoms with Crippen LogP contribution in [0, 0.1) is 0 Å². The SMILES string of the molecule is CC(=O)Nc1ccc(CC(=O)NCC(C)(O)c2cccs2)cc1. The van der Waals surface area contributed by atoms with Gasteiger partial charge in [0.15, 0.2) is 0 Å². The number of rotatable bonds is 6. The quantitative estimate of drug-likeness (QED) is 0.759. The van der Waals surface area contributed by atoms with E-state index in [0.717, 1.165) is 10.4 Å². The number of aliphatic hydroxyl groups is 1. The molecule has 0 fully saturated rings. The molecule has 1 heterocycles. The van der Waals surface area contributed by atoms with E-state index in [4.69, 9.17) is 0 Å². The first-order chi connectivity index (χ1) is 10.9. The lowest BCUT2D eigenvalue weighted by atomic mass is 10.0. The lowest BCUT2D eigenvalue weighted by Gasteiger charge is -2.22. The Balaban J connectivity index is 1.86. The Bertz CT molecular complexity index is 664. The van der Waals surface area contributed by atoms with Gasteiger partial charge in [0.1, 0.15) is 5.60 Å². The molecular weight excluding hydrogens is 312 g/mol. The molecule has 122 valence electrons. The number of benzene rings is 1. The first-order valence-corrected chi connectivity index (χ1v) is 8.14. The van der Waals surface area contributed by atoms with Crippen LogP contribution in [-0.4, -0.2) is 23.5 Å². The molecule has 0 saturated carbocycles. The highest BCUT2D eigenvalue weighted by atomic mass is 32.1. The maximum Gasteiger partial charge on any atom is 0.224 e. The van der Waals surface area contributed by atoms with E-state index in [1.165, 1.54) is 18.3 Å². The molecule has 2 rings (SSSR count). The van der Waals surface area contributed by atoms with Gasteiger partial charge in [0.05, 0.1) is 13.0 Å². The molecule has 3 N–H and O–H groups in total. The minimum Gasteiger partial charge on any atom is -0.383 e. The molecular formula is C17H20N2O3S. The average Bonchev–Trinajstić information content (AvgIpc) is 3.02. The summed E-state index contributed by atoms with van der Waals surface area (Å²) in [7, 11) is 0. The Labute approximate surface area is 139 Å². The van der Waals surface area contributed by atoms with Gasteiger partial charge in [-0.3, -0.25) is 9.59 Å². The number of hydrogen-bond donors (Lipinski definition) is 3. The van der Waals surface area contributed by atoms with Crippen LogP contribution in [0.25, 0.3) is 0 Å². The fourth-order valence-corrected chi connectivity index (χ4v) is 2.89. The first-order valence-electron chi connectivity index (χ1n) is 7.26. The summed E-state index contributed by atoms with van der Waals surface area (Å²) in [5.74, 6) is -0.291. The normalized spacial score (nSPS) is 13.2. The standard InChI is InChI=1S/C17H20N2O3S/c1-12(20)19-14-7-5-13(6-8-14)10-16(21)18-11-17(2,22)15-4-3-9-23-15/h3-9,22H,10-11H2,1-2H3,(H,18,21)(H,19,20). The van der Waals surface area contributed by atoms with Crippen molar-refractivity contribution in [3.05, 3.63) is 52.2 Å². The molecule has 0 bridgehead atoms. The predicted octanol–water partition coefficient (Wildman–Crippen LogP) is 2.27. The van der Waals surface area contributed by atoms with Crippen LogP contribution in [0.1, 0.15) is 24.3 Å². The summed E-state index contributed by atoms with van der Waals surface area (Å²) in [5.41, 5.74) is 0.466. The Kier molecular flexibility index (Phi) is 5.52. The molecule has 0 aliphatic carbocycles. The summed E-state index contributed by atoms with van der Waals surface area (Å²) in [4.78, 5) is 23.8. The van der Waals surface area contributed by atoms with Crippen LogP contribution in [0.4, 0.5) is 5.69 Å². The van der Waals surface area contributed by atoms with Gasteiger partial charge in [-0.15, -0.1) is 11.3 Å². The molecule has 2 aromatic rings. The Hall–Kier alpha value is -2.18. The number of anilines is 1. The third-order valence-electron chi connectivity index (χ3n) is 3.32. The highest BCUT2D eigenvalue weighted by molar-refractivity contribution is 7.10. The molecule has 1 unspecified atom stereocenters. The number of amides is 2. The van der Waals surface area contributed by atoms with E-state index in [0.29, 0.717) is 5.69 Å². The van der Waals surface area contributed by atoms with Gasteiger partial charge in [-0.2, -0.15) is 0 Å². The van der Waals surface area contributed by atoms with E-state index >= 15 is 0 Å². The molecule has 23 heavy (non-hydrogen) atoms. The number of hydrogen-bond acceptors (Lipinski definition) is 4. The molecule has 5 nitrogen and oxygen atoms in total. The summed E-state index contributed by atoms with van der Waals surface area (Å²) in [6, 6.07) is 10.8. The molecule has 2 amide bonds. The molecule has 1 aromatic heterocycles. The van der Waals surface area contributed by atoms with Gasteiger partial charge in [0, 0.05) is 17.5 Å². The van der Waals surface area contributed by atoms with Crippen LogP contribution in [0.5, 0.6) is 0 Å². The molecule has 0 radical (unpaired) electrons. The van der Waals surface area contributed by atoms with Gasteiger partial charge < -0.3 is 15.7 Å². The Morgan fingerprint density at radius 2 is 1.91 bits per heavy atom. The van der Waals surface area contributed by atoms with Crippen molar-refractivity contribution in [2.45, 2.75) is 25.9 Å². The number of carbonyl (C=O) groups excluding carboxylic acids is 2. The van der Waals surface area contributed by atoms with Crippen LogP contribution in [0.2, 0.25) is 0 Å². The minimum atomic E-state index is -1.07. The van der Waals surface area contributed by atoms with E-state index in [2.05, 4.69) is 10.6 Å². The lowest BCUT2D eigenvalue weighted by molar-refractivity contribution is -0.121. The van der Waals surface area contributed by atoms with E-state index in [9.17, 15) is 14.7 Å². The molecule has 0 saturated heterocycles. The summed E-state index contributed by atoms with van der Waals surface area (Å²) in [6.07, 6.45) is 0.223. The zero-order valence-electron chi connectivity index (χ0n) is 13.1.